The SMILES string of the molecule is CC(C)C(CNC(=O)N1C[C@@H](C(F)(F)F)[C@H](C(=O)O)C1)c1ccccc1. The highest BCUT2D eigenvalue weighted by molar-refractivity contribution is 5.77. The molecule has 8 heteroatoms. The van der Waals surface area contributed by atoms with Crippen molar-refractivity contribution in [3.05, 3.63) is 35.9 Å². The van der Waals surface area contributed by atoms with Crippen molar-refractivity contribution in [1.82, 2.24) is 10.2 Å². The number of halogens is 3. The molecule has 0 bridgehead atoms. The number of nitrogens with one attached hydrogen (secondary N) is 1. The lowest BCUT2D eigenvalue weighted by Gasteiger charge is -2.24. The van der Waals surface area contributed by atoms with E-state index < -0.39 is 43.1 Å². The highest BCUT2D eigenvalue weighted by Crippen LogP contribution is 2.37. The van der Waals surface area contributed by atoms with Crippen LogP contribution in [0, 0.1) is 17.8 Å². The lowest BCUT2D eigenvalue weighted by atomic mass is 9.88. The van der Waals surface area contributed by atoms with Gasteiger partial charge in [-0.1, -0.05) is 44.2 Å². The van der Waals surface area contributed by atoms with Gasteiger partial charge in [0.2, 0.25) is 0 Å². The van der Waals surface area contributed by atoms with Gasteiger partial charge in [-0.2, -0.15) is 13.2 Å². The molecule has 1 aliphatic heterocycles. The Kier molecular flexibility index (Phi) is 6.15. The van der Waals surface area contributed by atoms with Crippen LogP contribution in [-0.4, -0.2) is 47.8 Å². The highest BCUT2D eigenvalue weighted by atomic mass is 19.4. The Morgan fingerprint density at radius 2 is 1.85 bits per heavy atom. The molecule has 0 saturated carbocycles. The molecule has 0 aliphatic carbocycles. The fourth-order valence-corrected chi connectivity index (χ4v) is 3.30. The summed E-state index contributed by atoms with van der Waals surface area (Å²) < 4.78 is 39.1. The monoisotopic (exact) mass is 372 g/mol. The maximum Gasteiger partial charge on any atom is 0.394 e. The molecule has 2 amide bonds. The summed E-state index contributed by atoms with van der Waals surface area (Å²) in [7, 11) is 0. The minimum Gasteiger partial charge on any atom is -0.481 e. The van der Waals surface area contributed by atoms with Crippen molar-refractivity contribution in [2.45, 2.75) is 25.9 Å². The molecule has 1 aromatic rings. The van der Waals surface area contributed by atoms with Crippen LogP contribution in [0.1, 0.15) is 25.3 Å². The number of carbonyl (C=O) groups excluding carboxylic acids is 1. The van der Waals surface area contributed by atoms with Crippen LogP contribution >= 0.6 is 0 Å². The summed E-state index contributed by atoms with van der Waals surface area (Å²) in [5, 5.41) is 11.7. The van der Waals surface area contributed by atoms with Gasteiger partial charge in [-0.15, -0.1) is 0 Å². The average Bonchev–Trinajstić information content (AvgIpc) is 3.01. The number of carbonyl (C=O) groups is 2. The number of aliphatic carboxylic acids is 1. The second kappa shape index (κ2) is 7.97. The Morgan fingerprint density at radius 1 is 1.23 bits per heavy atom. The van der Waals surface area contributed by atoms with Gasteiger partial charge in [-0.05, 0) is 11.5 Å². The molecule has 3 atom stereocenters. The Labute approximate surface area is 150 Å². The second-order valence-electron chi connectivity index (χ2n) is 6.95. The van der Waals surface area contributed by atoms with Crippen LogP contribution in [0.5, 0.6) is 0 Å². The van der Waals surface area contributed by atoms with Gasteiger partial charge in [0, 0.05) is 25.6 Å². The molecule has 1 fully saturated rings. The fourth-order valence-electron chi connectivity index (χ4n) is 3.30. The molecule has 0 radical (unpaired) electrons. The van der Waals surface area contributed by atoms with Crippen LogP contribution < -0.4 is 5.32 Å². The number of likely N-dealkylation sites (tertiary alicyclic amines) is 1. The number of urea groups is 1. The van der Waals surface area contributed by atoms with E-state index in [4.69, 9.17) is 5.11 Å². The standard InChI is InChI=1S/C18H23F3N2O3/c1-11(2)13(12-6-4-3-5-7-12)8-22-17(26)23-9-14(16(24)25)15(10-23)18(19,20)21/h3-7,11,13-15H,8-10H2,1-2H3,(H,22,26)(H,24,25)/t13?,14-,15-/m1/s1. The predicted octanol–water partition coefficient (Wildman–Crippen LogP) is 3.33. The third kappa shape index (κ3) is 4.68. The number of hydrogen-bond acceptors (Lipinski definition) is 2. The molecule has 1 aromatic carbocycles. The molecular weight excluding hydrogens is 349 g/mol. The number of alkyl halides is 3. The number of amides is 2. The molecule has 1 unspecified atom stereocenters. The molecule has 1 heterocycles. The van der Waals surface area contributed by atoms with E-state index >= 15 is 0 Å². The highest BCUT2D eigenvalue weighted by Gasteiger charge is 2.53. The van der Waals surface area contributed by atoms with Crippen LogP contribution in [0.25, 0.3) is 0 Å². The normalized spacial score (nSPS) is 21.7. The largest absolute Gasteiger partial charge is 0.481 e. The van der Waals surface area contributed by atoms with Gasteiger partial charge in [0.05, 0.1) is 11.8 Å². The summed E-state index contributed by atoms with van der Waals surface area (Å²) >= 11 is 0. The predicted molar refractivity (Wildman–Crippen MR) is 89.7 cm³/mol. The smallest absolute Gasteiger partial charge is 0.394 e. The quantitative estimate of drug-likeness (QED) is 0.833. The topological polar surface area (TPSA) is 69.6 Å². The number of hydrogen-bond donors (Lipinski definition) is 2. The number of carboxylic acid groups (broad SMARTS) is 1. The number of carboxylic acids is 1. The van der Waals surface area contributed by atoms with Crippen LogP contribution in [0.15, 0.2) is 30.3 Å². The average molecular weight is 372 g/mol. The molecule has 5 nitrogen and oxygen atoms in total. The zero-order chi connectivity index (χ0) is 19.5. The minimum absolute atomic E-state index is 0.0106. The van der Waals surface area contributed by atoms with E-state index in [1.54, 1.807) is 0 Å². The van der Waals surface area contributed by atoms with Gasteiger partial charge in [0.1, 0.15) is 0 Å². The summed E-state index contributed by atoms with van der Waals surface area (Å²) in [6.07, 6.45) is -4.65. The summed E-state index contributed by atoms with van der Waals surface area (Å²) in [4.78, 5) is 24.4. The summed E-state index contributed by atoms with van der Waals surface area (Å²) in [5.74, 6) is -4.98. The van der Waals surface area contributed by atoms with Crippen LogP contribution in [0.3, 0.4) is 0 Å². The summed E-state index contributed by atoms with van der Waals surface area (Å²) in [6, 6.07) is 8.87. The Morgan fingerprint density at radius 3 is 2.31 bits per heavy atom. The maximum absolute atomic E-state index is 13.0. The molecule has 0 aromatic heterocycles. The third-order valence-corrected chi connectivity index (χ3v) is 4.85. The molecule has 1 saturated heterocycles. The lowest BCUT2D eigenvalue weighted by Crippen LogP contribution is -2.41. The van der Waals surface area contributed by atoms with Gasteiger partial charge in [0.25, 0.3) is 0 Å². The molecule has 2 rings (SSSR count). The lowest BCUT2D eigenvalue weighted by molar-refractivity contribution is -0.187. The van der Waals surface area contributed by atoms with Crippen molar-refractivity contribution >= 4 is 12.0 Å². The van der Waals surface area contributed by atoms with Crippen molar-refractivity contribution in [1.29, 1.82) is 0 Å². The van der Waals surface area contributed by atoms with Crippen molar-refractivity contribution in [2.24, 2.45) is 17.8 Å². The molecule has 144 valence electrons. The second-order valence-corrected chi connectivity index (χ2v) is 6.95. The van der Waals surface area contributed by atoms with E-state index in [9.17, 15) is 22.8 Å². The van der Waals surface area contributed by atoms with Crippen LogP contribution in [0.2, 0.25) is 0 Å². The van der Waals surface area contributed by atoms with E-state index in [0.717, 1.165) is 10.5 Å². The Balaban J connectivity index is 2.02. The molecular formula is C18H23F3N2O3. The van der Waals surface area contributed by atoms with Gasteiger partial charge in [-0.3, -0.25) is 4.79 Å². The molecule has 0 spiro atoms. The van der Waals surface area contributed by atoms with Gasteiger partial charge < -0.3 is 15.3 Å². The van der Waals surface area contributed by atoms with E-state index in [-0.39, 0.29) is 18.4 Å². The third-order valence-electron chi connectivity index (χ3n) is 4.85. The van der Waals surface area contributed by atoms with E-state index in [2.05, 4.69) is 5.32 Å². The first-order chi connectivity index (χ1) is 12.1. The van der Waals surface area contributed by atoms with Gasteiger partial charge >= 0.3 is 18.2 Å². The first kappa shape index (κ1) is 20.1. The summed E-state index contributed by atoms with van der Waals surface area (Å²) in [6.45, 7) is 3.19. The summed E-state index contributed by atoms with van der Waals surface area (Å²) in [5.41, 5.74) is 1.03. The zero-order valence-electron chi connectivity index (χ0n) is 14.7. The van der Waals surface area contributed by atoms with E-state index in [1.807, 2.05) is 44.2 Å². The minimum atomic E-state index is -4.65. The van der Waals surface area contributed by atoms with E-state index in [0.29, 0.717) is 0 Å². The van der Waals surface area contributed by atoms with Crippen LogP contribution in [0.4, 0.5) is 18.0 Å². The number of nitrogens with zero attached hydrogens (tertiary/aromatic N) is 1. The Bertz CT molecular complexity index is 634. The van der Waals surface area contributed by atoms with Crippen molar-refractivity contribution in [2.75, 3.05) is 19.6 Å². The number of benzene rings is 1. The molecule has 2 N–H and O–H groups in total. The first-order valence-corrected chi connectivity index (χ1v) is 8.48. The maximum atomic E-state index is 13.0. The van der Waals surface area contributed by atoms with Crippen molar-refractivity contribution < 1.29 is 27.9 Å². The number of rotatable bonds is 5. The Hall–Kier alpha value is -2.25. The zero-order valence-corrected chi connectivity index (χ0v) is 14.7. The van der Waals surface area contributed by atoms with Gasteiger partial charge in [-0.25, -0.2) is 4.79 Å². The fraction of sp³-hybridized carbons (Fsp3) is 0.556. The molecule has 26 heavy (non-hydrogen) atoms. The van der Waals surface area contributed by atoms with Crippen molar-refractivity contribution in [3.8, 4) is 0 Å². The van der Waals surface area contributed by atoms with Crippen molar-refractivity contribution in [3.63, 3.8) is 0 Å². The van der Waals surface area contributed by atoms with E-state index in [1.165, 1.54) is 0 Å². The first-order valence-electron chi connectivity index (χ1n) is 8.48. The van der Waals surface area contributed by atoms with Crippen LogP contribution in [-0.2, 0) is 4.79 Å². The van der Waals surface area contributed by atoms with Gasteiger partial charge in [0.15, 0.2) is 0 Å². The molecule has 1 aliphatic rings.